The number of ether oxygens (including phenoxy) is 1. The van der Waals surface area contributed by atoms with E-state index in [0.29, 0.717) is 49.3 Å². The van der Waals surface area contributed by atoms with E-state index in [-0.39, 0.29) is 42.7 Å². The second-order valence-electron chi connectivity index (χ2n) is 14.3. The maximum atomic E-state index is 13.5. The Morgan fingerprint density at radius 1 is 0.875 bits per heavy atom. The summed E-state index contributed by atoms with van der Waals surface area (Å²) in [7, 11) is 1.89. The number of hydrogen-bond acceptors (Lipinski definition) is 9. The number of piperidine rings is 1. The van der Waals surface area contributed by atoms with Gasteiger partial charge in [-0.2, -0.15) is 0 Å². The van der Waals surface area contributed by atoms with E-state index in [1.54, 1.807) is 47.9 Å². The second-order valence-corrected chi connectivity index (χ2v) is 14.7. The van der Waals surface area contributed by atoms with Crippen LogP contribution in [0.4, 0.5) is 10.5 Å². The summed E-state index contributed by atoms with van der Waals surface area (Å²) in [6.45, 7) is 6.95. The zero-order chi connectivity index (χ0) is 41.2. The molecule has 6 amide bonds. The largest absolute Gasteiger partial charge is 0.461 e. The summed E-state index contributed by atoms with van der Waals surface area (Å²) in [6, 6.07) is 14.3. The van der Waals surface area contributed by atoms with Crippen LogP contribution >= 0.6 is 11.6 Å². The van der Waals surface area contributed by atoms with E-state index in [1.165, 1.54) is 5.56 Å². The molecule has 5 unspecified atom stereocenters. The lowest BCUT2D eigenvalue weighted by molar-refractivity contribution is -0.156. The molecular weight excluding hydrogens is 742 g/mol. The van der Waals surface area contributed by atoms with Crippen molar-refractivity contribution >= 4 is 59.2 Å². The van der Waals surface area contributed by atoms with E-state index >= 15 is 0 Å². The number of benzene rings is 2. The number of primary amides is 1. The molecule has 0 aliphatic carbocycles. The average Bonchev–Trinajstić information content (AvgIpc) is 3.84. The fourth-order valence-electron chi connectivity index (χ4n) is 6.67. The highest BCUT2D eigenvalue weighted by Crippen LogP contribution is 2.26. The lowest BCUT2D eigenvalue weighted by atomic mass is 9.99. The number of rotatable bonds is 11. The molecule has 3 fully saturated rings. The lowest BCUT2D eigenvalue weighted by Gasteiger charge is -2.38. The van der Waals surface area contributed by atoms with Gasteiger partial charge in [0.25, 0.3) is 0 Å². The van der Waals surface area contributed by atoms with E-state index in [4.69, 9.17) is 22.1 Å². The predicted octanol–water partition coefficient (Wildman–Crippen LogP) is 3.42. The summed E-state index contributed by atoms with van der Waals surface area (Å²) in [5, 5.41) is 7.94. The minimum Gasteiger partial charge on any atom is -0.461 e. The lowest BCUT2D eigenvalue weighted by Crippen LogP contribution is -2.58. The number of likely N-dealkylation sites (tertiary alicyclic amines) is 3. The molecule has 3 aliphatic heterocycles. The van der Waals surface area contributed by atoms with Crippen molar-refractivity contribution in [1.29, 1.82) is 0 Å². The quantitative estimate of drug-likeness (QED) is 0.194. The van der Waals surface area contributed by atoms with Crippen molar-refractivity contribution < 1.29 is 38.3 Å². The topological polar surface area (TPSA) is 201 Å². The number of aryl methyl sites for hydroxylation is 1. The summed E-state index contributed by atoms with van der Waals surface area (Å²) in [6.07, 6.45) is 5.20. The zero-order valence-corrected chi connectivity index (χ0v) is 33.5. The van der Waals surface area contributed by atoms with Crippen molar-refractivity contribution in [2.24, 2.45) is 5.73 Å². The van der Waals surface area contributed by atoms with Gasteiger partial charge in [-0.25, -0.2) is 4.79 Å². The summed E-state index contributed by atoms with van der Waals surface area (Å²) in [4.78, 5) is 89.2. The number of esters is 1. The molecule has 2 aromatic rings. The summed E-state index contributed by atoms with van der Waals surface area (Å²) in [5.74, 6) is -1.68. The van der Waals surface area contributed by atoms with Gasteiger partial charge in [0, 0.05) is 23.8 Å². The Labute approximate surface area is 334 Å². The van der Waals surface area contributed by atoms with Crippen LogP contribution in [0.1, 0.15) is 70.8 Å². The molecule has 0 spiro atoms. The van der Waals surface area contributed by atoms with Crippen molar-refractivity contribution in [3.63, 3.8) is 0 Å². The van der Waals surface area contributed by atoms with E-state index in [1.807, 2.05) is 30.1 Å². The standard InChI is InChI=1S/C24H38N4O6.C9H10ClN3O2.C7H8/c1-16(15-29)25-22(31)18-8-4-5-12-28(18)23(32)19-9-7-13-27(19)21(30)14-17(2)34-24(33)20-10-6-11-26(20)3;10-6-2-1-3-7(4-6)13-9(15)12-5-8(11)14;1-7-5-3-2-4-6-7/h15-20H,4-14H2,1-3H3,(H,25,31);1-4H,5H2,(H2,11,14)(H2,12,13,15);2-6H,1H3. The number of carbonyl (C=O) groups is 7. The first-order chi connectivity index (χ1) is 26.7. The van der Waals surface area contributed by atoms with Gasteiger partial charge >= 0.3 is 12.0 Å². The summed E-state index contributed by atoms with van der Waals surface area (Å²) < 4.78 is 5.54. The van der Waals surface area contributed by atoms with Crippen LogP contribution in [-0.2, 0) is 33.5 Å². The highest BCUT2D eigenvalue weighted by atomic mass is 35.5. The number of urea groups is 1. The Hall–Kier alpha value is -5.02. The van der Waals surface area contributed by atoms with Gasteiger partial charge in [-0.05, 0) is 97.5 Å². The van der Waals surface area contributed by atoms with Gasteiger partial charge in [-0.1, -0.05) is 53.6 Å². The SMILES string of the molecule is CC(C=O)NC(=O)C1CCCCN1C(=O)C1CCCN1C(=O)CC(C)OC(=O)C1CCCN1C.Cc1ccccc1.NC(=O)CNC(=O)Nc1cccc(Cl)c1. The number of halogens is 1. The van der Waals surface area contributed by atoms with E-state index in [9.17, 15) is 33.6 Å². The smallest absolute Gasteiger partial charge is 0.323 e. The third-order valence-corrected chi connectivity index (χ3v) is 9.77. The molecule has 0 saturated carbocycles. The average molecular weight is 798 g/mol. The van der Waals surface area contributed by atoms with E-state index in [0.717, 1.165) is 32.2 Å². The number of hydrogen-bond donors (Lipinski definition) is 4. The van der Waals surface area contributed by atoms with Crippen molar-refractivity contribution in [3.8, 4) is 0 Å². The number of likely N-dealkylation sites (N-methyl/N-ethyl adjacent to an activating group) is 1. The molecule has 15 nitrogen and oxygen atoms in total. The molecule has 306 valence electrons. The summed E-state index contributed by atoms with van der Waals surface area (Å²) >= 11 is 5.71. The number of nitrogens with one attached hydrogen (secondary N) is 3. The first kappa shape index (κ1) is 45.4. The maximum Gasteiger partial charge on any atom is 0.323 e. The Bertz CT molecular complexity index is 1650. The van der Waals surface area contributed by atoms with Crippen molar-refractivity contribution in [2.45, 2.75) is 102 Å². The molecule has 0 aromatic heterocycles. The first-order valence-electron chi connectivity index (χ1n) is 19.1. The Balaban J connectivity index is 0.000000311. The molecule has 5 N–H and O–H groups in total. The molecule has 2 aromatic carbocycles. The molecule has 16 heteroatoms. The van der Waals surface area contributed by atoms with Gasteiger partial charge in [0.05, 0.1) is 19.0 Å². The highest BCUT2D eigenvalue weighted by Gasteiger charge is 2.41. The van der Waals surface area contributed by atoms with Crippen LogP contribution < -0.4 is 21.7 Å². The molecule has 56 heavy (non-hydrogen) atoms. The van der Waals surface area contributed by atoms with Gasteiger partial charge in [-0.3, -0.25) is 28.9 Å². The zero-order valence-electron chi connectivity index (χ0n) is 32.7. The molecule has 3 saturated heterocycles. The van der Waals surface area contributed by atoms with Gasteiger partial charge in [0.2, 0.25) is 23.6 Å². The third kappa shape index (κ3) is 14.9. The predicted molar refractivity (Wildman–Crippen MR) is 212 cm³/mol. The van der Waals surface area contributed by atoms with Crippen LogP contribution in [0.5, 0.6) is 0 Å². The van der Waals surface area contributed by atoms with Crippen LogP contribution in [0.2, 0.25) is 5.02 Å². The van der Waals surface area contributed by atoms with Gasteiger partial charge in [0.15, 0.2) is 0 Å². The number of amides is 6. The Morgan fingerprint density at radius 3 is 2.14 bits per heavy atom. The van der Waals surface area contributed by atoms with E-state index in [2.05, 4.69) is 35.0 Å². The number of carbonyl (C=O) groups excluding carboxylic acids is 7. The van der Waals surface area contributed by atoms with Crippen molar-refractivity contribution in [1.82, 2.24) is 25.3 Å². The molecule has 5 rings (SSSR count). The Kier molecular flexibility index (Phi) is 18.7. The number of aldehydes is 1. The third-order valence-electron chi connectivity index (χ3n) is 9.54. The monoisotopic (exact) mass is 797 g/mol. The molecule has 0 radical (unpaired) electrons. The van der Waals surface area contributed by atoms with Crippen LogP contribution in [0.3, 0.4) is 0 Å². The maximum absolute atomic E-state index is 13.5. The minimum absolute atomic E-state index is 0.0206. The van der Waals surface area contributed by atoms with Crippen molar-refractivity contribution in [3.05, 3.63) is 65.2 Å². The molecule has 0 bridgehead atoms. The van der Waals surface area contributed by atoms with Crippen LogP contribution in [0, 0.1) is 6.92 Å². The molecule has 5 atom stereocenters. The number of anilines is 1. The van der Waals surface area contributed by atoms with Crippen molar-refractivity contribution in [2.75, 3.05) is 38.5 Å². The molecular formula is C40H56ClN7O8. The van der Waals surface area contributed by atoms with Crippen LogP contribution in [-0.4, -0.2) is 120 Å². The normalized spacial score (nSPS) is 20.1. The number of nitrogens with two attached hydrogens (primary N) is 1. The summed E-state index contributed by atoms with van der Waals surface area (Å²) in [5.41, 5.74) is 6.72. The van der Waals surface area contributed by atoms with Crippen LogP contribution in [0.25, 0.3) is 0 Å². The van der Waals surface area contributed by atoms with Gasteiger partial charge in [0.1, 0.15) is 30.5 Å². The number of nitrogens with zero attached hydrogens (tertiary/aromatic N) is 3. The molecule has 3 heterocycles. The fraction of sp³-hybridized carbons (Fsp3) is 0.525. The Morgan fingerprint density at radius 2 is 1.54 bits per heavy atom. The second kappa shape index (κ2) is 23.1. The fourth-order valence-corrected chi connectivity index (χ4v) is 6.86. The highest BCUT2D eigenvalue weighted by molar-refractivity contribution is 6.30. The first-order valence-corrected chi connectivity index (χ1v) is 19.4. The van der Waals surface area contributed by atoms with Gasteiger partial charge in [-0.15, -0.1) is 0 Å². The van der Waals surface area contributed by atoms with Crippen LogP contribution in [0.15, 0.2) is 54.6 Å². The molecule has 3 aliphatic rings. The van der Waals surface area contributed by atoms with E-state index < -0.39 is 36.2 Å². The minimum atomic E-state index is -0.635. The van der Waals surface area contributed by atoms with Gasteiger partial charge < -0.3 is 41.0 Å².